The van der Waals surface area contributed by atoms with Gasteiger partial charge in [-0.2, -0.15) is 0 Å². The summed E-state index contributed by atoms with van der Waals surface area (Å²) in [6.45, 7) is 0. The van der Waals surface area contributed by atoms with Crippen molar-refractivity contribution in [3.63, 3.8) is 0 Å². The van der Waals surface area contributed by atoms with Gasteiger partial charge in [-0.05, 0) is 48.9 Å². The number of nitrogens with two attached hydrogens (primary N) is 1. The third kappa shape index (κ3) is 2.94. The van der Waals surface area contributed by atoms with E-state index in [9.17, 15) is 13.2 Å². The fraction of sp³-hybridized carbons (Fsp3) is 0.333. The summed E-state index contributed by atoms with van der Waals surface area (Å²) in [6.07, 6.45) is 5.40. The lowest BCUT2D eigenvalue weighted by atomic mass is 9.92. The number of sulfonamides is 1. The van der Waals surface area contributed by atoms with Crippen LogP contribution in [-0.2, 0) is 29.9 Å². The molecule has 0 bridgehead atoms. The molecule has 8 heteroatoms. The second-order valence-electron chi connectivity index (χ2n) is 5.66. The summed E-state index contributed by atoms with van der Waals surface area (Å²) < 4.78 is 28.9. The molecule has 0 spiro atoms. The van der Waals surface area contributed by atoms with E-state index >= 15 is 0 Å². The Morgan fingerprint density at radius 3 is 2.65 bits per heavy atom. The van der Waals surface area contributed by atoms with Crippen LogP contribution in [-0.4, -0.2) is 23.9 Å². The molecule has 1 aromatic heterocycles. The maximum absolute atomic E-state index is 12.6. The van der Waals surface area contributed by atoms with Crippen molar-refractivity contribution in [2.45, 2.75) is 30.6 Å². The largest absolute Gasteiger partial charge is 0.364 e. The van der Waals surface area contributed by atoms with Gasteiger partial charge in [-0.15, -0.1) is 0 Å². The first-order valence-corrected chi connectivity index (χ1v) is 8.82. The van der Waals surface area contributed by atoms with Crippen molar-refractivity contribution in [2.24, 2.45) is 12.8 Å². The van der Waals surface area contributed by atoms with E-state index in [0.717, 1.165) is 31.2 Å². The summed E-state index contributed by atoms with van der Waals surface area (Å²) in [4.78, 5) is 15.5. The number of nitrogens with zero attached hydrogens (tertiary/aromatic N) is 2. The van der Waals surface area contributed by atoms with Crippen LogP contribution in [0.2, 0.25) is 0 Å². The highest BCUT2D eigenvalue weighted by Crippen LogP contribution is 2.25. The van der Waals surface area contributed by atoms with Crippen LogP contribution in [0, 0.1) is 0 Å². The SMILES string of the molecule is Cn1cnc(NS(=O)(=O)c2ccc3c(c2)CCCC3)c1C(N)=O. The van der Waals surface area contributed by atoms with E-state index in [1.165, 1.54) is 16.5 Å². The van der Waals surface area contributed by atoms with E-state index in [1.54, 1.807) is 19.2 Å². The molecule has 0 saturated carbocycles. The number of carbonyl (C=O) groups is 1. The zero-order valence-corrected chi connectivity index (χ0v) is 13.6. The van der Waals surface area contributed by atoms with Gasteiger partial charge in [0.2, 0.25) is 0 Å². The van der Waals surface area contributed by atoms with Gasteiger partial charge in [-0.1, -0.05) is 6.07 Å². The van der Waals surface area contributed by atoms with Crippen LogP contribution in [0.1, 0.15) is 34.5 Å². The van der Waals surface area contributed by atoms with E-state index in [-0.39, 0.29) is 16.4 Å². The van der Waals surface area contributed by atoms with Crippen molar-refractivity contribution in [3.05, 3.63) is 41.3 Å². The molecule has 1 amide bonds. The van der Waals surface area contributed by atoms with Gasteiger partial charge in [0.25, 0.3) is 15.9 Å². The fourth-order valence-electron chi connectivity index (χ4n) is 2.86. The van der Waals surface area contributed by atoms with Crippen molar-refractivity contribution >= 4 is 21.7 Å². The molecule has 2 aromatic rings. The van der Waals surface area contributed by atoms with E-state index in [2.05, 4.69) is 9.71 Å². The van der Waals surface area contributed by atoms with E-state index in [0.29, 0.717) is 0 Å². The van der Waals surface area contributed by atoms with Gasteiger partial charge in [-0.25, -0.2) is 13.4 Å². The predicted octanol–water partition coefficient (Wildman–Crippen LogP) is 1.20. The Labute approximate surface area is 134 Å². The average Bonchev–Trinajstić information content (AvgIpc) is 2.86. The lowest BCUT2D eigenvalue weighted by molar-refractivity contribution is 0.0993. The number of carbonyl (C=O) groups excluding carboxylic acids is 1. The first-order valence-electron chi connectivity index (χ1n) is 7.34. The van der Waals surface area contributed by atoms with Crippen LogP contribution in [0.5, 0.6) is 0 Å². The lowest BCUT2D eigenvalue weighted by Gasteiger charge is -2.16. The Balaban J connectivity index is 1.95. The monoisotopic (exact) mass is 334 g/mol. The van der Waals surface area contributed by atoms with Gasteiger partial charge in [-0.3, -0.25) is 9.52 Å². The maximum atomic E-state index is 12.6. The minimum Gasteiger partial charge on any atom is -0.364 e. The molecule has 23 heavy (non-hydrogen) atoms. The van der Waals surface area contributed by atoms with Gasteiger partial charge in [0.1, 0.15) is 0 Å². The Morgan fingerprint density at radius 2 is 1.96 bits per heavy atom. The molecule has 1 heterocycles. The molecule has 7 nitrogen and oxygen atoms in total. The van der Waals surface area contributed by atoms with Crippen molar-refractivity contribution in [1.82, 2.24) is 9.55 Å². The minimum atomic E-state index is -3.82. The van der Waals surface area contributed by atoms with Crippen LogP contribution in [0.25, 0.3) is 0 Å². The number of hydrogen-bond donors (Lipinski definition) is 2. The van der Waals surface area contributed by atoms with Gasteiger partial charge >= 0.3 is 0 Å². The number of aryl methyl sites for hydroxylation is 3. The number of primary amides is 1. The first-order chi connectivity index (χ1) is 10.9. The van der Waals surface area contributed by atoms with E-state index in [1.807, 2.05) is 6.07 Å². The number of fused-ring (bicyclic) bond motifs is 1. The van der Waals surface area contributed by atoms with Crippen LogP contribution in [0.3, 0.4) is 0 Å². The molecule has 0 saturated heterocycles. The van der Waals surface area contributed by atoms with Crippen molar-refractivity contribution < 1.29 is 13.2 Å². The van der Waals surface area contributed by atoms with Gasteiger partial charge in [0.05, 0.1) is 11.2 Å². The molecule has 1 aliphatic rings. The molecule has 3 N–H and O–H groups in total. The molecule has 1 aliphatic carbocycles. The molecule has 0 atom stereocenters. The number of aromatic nitrogens is 2. The summed E-state index contributed by atoms with van der Waals surface area (Å²) in [7, 11) is -2.25. The Kier molecular flexibility index (Phi) is 3.85. The molecular formula is C15H18N4O3S. The van der Waals surface area contributed by atoms with Crippen LogP contribution < -0.4 is 10.5 Å². The van der Waals surface area contributed by atoms with Gasteiger partial charge in [0.15, 0.2) is 11.5 Å². The number of rotatable bonds is 4. The van der Waals surface area contributed by atoms with E-state index < -0.39 is 15.9 Å². The summed E-state index contributed by atoms with van der Waals surface area (Å²) in [5.41, 5.74) is 7.56. The number of amides is 1. The van der Waals surface area contributed by atoms with Crippen LogP contribution in [0.4, 0.5) is 5.82 Å². The quantitative estimate of drug-likeness (QED) is 0.876. The third-order valence-electron chi connectivity index (χ3n) is 4.03. The van der Waals surface area contributed by atoms with Crippen LogP contribution >= 0.6 is 0 Å². The third-order valence-corrected chi connectivity index (χ3v) is 5.37. The molecular weight excluding hydrogens is 316 g/mol. The number of nitrogens with one attached hydrogen (secondary N) is 1. The van der Waals surface area contributed by atoms with Crippen molar-refractivity contribution in [3.8, 4) is 0 Å². The smallest absolute Gasteiger partial charge is 0.269 e. The zero-order valence-electron chi connectivity index (χ0n) is 12.7. The highest BCUT2D eigenvalue weighted by Gasteiger charge is 2.22. The summed E-state index contributed by atoms with van der Waals surface area (Å²) in [5.74, 6) is -0.800. The topological polar surface area (TPSA) is 107 Å². The number of imidazole rings is 1. The Bertz CT molecular complexity index is 871. The predicted molar refractivity (Wildman–Crippen MR) is 85.6 cm³/mol. The maximum Gasteiger partial charge on any atom is 0.269 e. The fourth-order valence-corrected chi connectivity index (χ4v) is 3.92. The van der Waals surface area contributed by atoms with E-state index in [4.69, 9.17) is 5.73 Å². The molecule has 0 radical (unpaired) electrons. The normalized spacial score (nSPS) is 14.3. The highest BCUT2D eigenvalue weighted by atomic mass is 32.2. The van der Waals surface area contributed by atoms with Gasteiger partial charge in [0, 0.05) is 7.05 Å². The van der Waals surface area contributed by atoms with Crippen LogP contribution in [0.15, 0.2) is 29.4 Å². The van der Waals surface area contributed by atoms with Gasteiger partial charge < -0.3 is 10.3 Å². The molecule has 122 valence electrons. The Hall–Kier alpha value is -2.35. The number of anilines is 1. The summed E-state index contributed by atoms with van der Waals surface area (Å²) in [5, 5.41) is 0. The summed E-state index contributed by atoms with van der Waals surface area (Å²) >= 11 is 0. The zero-order chi connectivity index (χ0) is 16.6. The molecule has 0 fully saturated rings. The molecule has 1 aromatic carbocycles. The standard InChI is InChI=1S/C15H18N4O3S/c1-19-9-17-15(13(19)14(16)20)18-23(21,22)12-7-6-10-4-2-3-5-11(10)8-12/h6-9,18H,2-5H2,1H3,(H2,16,20). The highest BCUT2D eigenvalue weighted by molar-refractivity contribution is 7.92. The molecule has 0 aliphatic heterocycles. The lowest BCUT2D eigenvalue weighted by Crippen LogP contribution is -2.20. The van der Waals surface area contributed by atoms with Crippen molar-refractivity contribution in [1.29, 1.82) is 0 Å². The second-order valence-corrected chi connectivity index (χ2v) is 7.34. The summed E-state index contributed by atoms with van der Waals surface area (Å²) in [6, 6.07) is 5.14. The minimum absolute atomic E-state index is 0.0199. The Morgan fingerprint density at radius 1 is 1.26 bits per heavy atom. The molecule has 3 rings (SSSR count). The first kappa shape index (κ1) is 15.5. The number of hydrogen-bond acceptors (Lipinski definition) is 4. The molecule has 0 unspecified atom stereocenters. The number of benzene rings is 1. The van der Waals surface area contributed by atoms with Crippen molar-refractivity contribution in [2.75, 3.05) is 4.72 Å². The average molecular weight is 334 g/mol. The second kappa shape index (κ2) is 5.69.